The molecule has 0 saturated heterocycles. The van der Waals surface area contributed by atoms with Crippen LogP contribution in [0.5, 0.6) is 0 Å². The lowest BCUT2D eigenvalue weighted by Gasteiger charge is -2.17. The number of carbonyl (C=O) groups excluding carboxylic acids is 1. The number of hydrogen-bond acceptors (Lipinski definition) is 3. The van der Waals surface area contributed by atoms with Crippen molar-refractivity contribution in [2.24, 2.45) is 0 Å². The molecule has 110 valence electrons. The molecule has 0 aliphatic carbocycles. The molecule has 0 saturated carbocycles. The van der Waals surface area contributed by atoms with Crippen LogP contribution >= 0.6 is 15.9 Å². The number of methoxy groups -OCH3 is 1. The summed E-state index contributed by atoms with van der Waals surface area (Å²) in [5.74, 6) is -0.243. The normalized spacial score (nSPS) is 12.0. The molecule has 0 spiro atoms. The summed E-state index contributed by atoms with van der Waals surface area (Å²) in [5.41, 5.74) is 8.88. The van der Waals surface area contributed by atoms with E-state index in [1.807, 2.05) is 43.3 Å². The van der Waals surface area contributed by atoms with Gasteiger partial charge in [-0.15, -0.1) is 0 Å². The summed E-state index contributed by atoms with van der Waals surface area (Å²) in [6, 6.07) is 12.9. The number of nitrogens with two attached hydrogens (primary N) is 1. The molecule has 1 amide bonds. The van der Waals surface area contributed by atoms with Gasteiger partial charge in [-0.25, -0.2) is 0 Å². The van der Waals surface area contributed by atoms with Gasteiger partial charge >= 0.3 is 0 Å². The largest absolute Gasteiger partial charge is 0.398 e. The van der Waals surface area contributed by atoms with Gasteiger partial charge in [0.05, 0.1) is 5.69 Å². The highest BCUT2D eigenvalue weighted by Crippen LogP contribution is 2.29. The van der Waals surface area contributed by atoms with Crippen molar-refractivity contribution in [3.8, 4) is 0 Å². The second kappa shape index (κ2) is 6.74. The first kappa shape index (κ1) is 15.5. The molecule has 0 aromatic heterocycles. The van der Waals surface area contributed by atoms with Crippen molar-refractivity contribution in [3.05, 3.63) is 58.1 Å². The second-order valence-electron chi connectivity index (χ2n) is 4.70. The molecule has 0 aliphatic heterocycles. The molecule has 4 nitrogen and oxygen atoms in total. The topological polar surface area (TPSA) is 64.3 Å². The fraction of sp³-hybridized carbons (Fsp3) is 0.188. The lowest BCUT2D eigenvalue weighted by atomic mass is 10.1. The van der Waals surface area contributed by atoms with E-state index in [2.05, 4.69) is 21.2 Å². The average Bonchev–Trinajstić information content (AvgIpc) is 2.46. The van der Waals surface area contributed by atoms with Gasteiger partial charge in [-0.3, -0.25) is 4.79 Å². The number of halogens is 1. The molecule has 0 heterocycles. The molecular weight excluding hydrogens is 332 g/mol. The average molecular weight is 349 g/mol. The van der Waals surface area contributed by atoms with Gasteiger partial charge in [0.15, 0.2) is 6.10 Å². The van der Waals surface area contributed by atoms with Crippen LogP contribution in [0.3, 0.4) is 0 Å². The predicted octanol–water partition coefficient (Wildman–Crippen LogP) is 3.67. The Hall–Kier alpha value is -1.85. The number of amides is 1. The Morgan fingerprint density at radius 2 is 1.95 bits per heavy atom. The first-order chi connectivity index (χ1) is 10.0. The minimum absolute atomic E-state index is 0.243. The number of hydrogen-bond donors (Lipinski definition) is 2. The van der Waals surface area contributed by atoms with Crippen LogP contribution in [0, 0.1) is 6.92 Å². The van der Waals surface area contributed by atoms with Gasteiger partial charge in [0.2, 0.25) is 0 Å². The van der Waals surface area contributed by atoms with Crippen molar-refractivity contribution >= 4 is 33.2 Å². The molecule has 0 aliphatic rings. The third-order valence-electron chi connectivity index (χ3n) is 3.19. The maximum Gasteiger partial charge on any atom is 0.258 e. The van der Waals surface area contributed by atoms with Gasteiger partial charge in [0.1, 0.15) is 0 Å². The van der Waals surface area contributed by atoms with E-state index in [0.717, 1.165) is 15.6 Å². The zero-order chi connectivity index (χ0) is 15.4. The number of nitrogen functional groups attached to an aromatic ring is 1. The highest BCUT2D eigenvalue weighted by Gasteiger charge is 2.20. The van der Waals surface area contributed by atoms with Crippen molar-refractivity contribution < 1.29 is 9.53 Å². The lowest BCUT2D eigenvalue weighted by molar-refractivity contribution is -0.126. The third kappa shape index (κ3) is 3.62. The van der Waals surface area contributed by atoms with E-state index in [9.17, 15) is 4.79 Å². The van der Waals surface area contributed by atoms with Gasteiger partial charge in [0, 0.05) is 17.3 Å². The second-order valence-corrected chi connectivity index (χ2v) is 5.56. The molecule has 5 heteroatoms. The Bertz CT molecular complexity index is 644. The van der Waals surface area contributed by atoms with Gasteiger partial charge in [-0.05, 0) is 46.1 Å². The van der Waals surface area contributed by atoms with Crippen LogP contribution in [-0.4, -0.2) is 13.0 Å². The van der Waals surface area contributed by atoms with Crippen molar-refractivity contribution in [2.75, 3.05) is 18.2 Å². The van der Waals surface area contributed by atoms with Crippen LogP contribution in [0.1, 0.15) is 17.2 Å². The van der Waals surface area contributed by atoms with E-state index >= 15 is 0 Å². The van der Waals surface area contributed by atoms with E-state index in [1.165, 1.54) is 7.11 Å². The molecule has 21 heavy (non-hydrogen) atoms. The minimum Gasteiger partial charge on any atom is -0.398 e. The Morgan fingerprint density at radius 1 is 1.29 bits per heavy atom. The maximum absolute atomic E-state index is 12.4. The minimum atomic E-state index is -0.666. The lowest BCUT2D eigenvalue weighted by Crippen LogP contribution is -2.22. The highest BCUT2D eigenvalue weighted by molar-refractivity contribution is 9.10. The predicted molar refractivity (Wildman–Crippen MR) is 88.1 cm³/mol. The molecule has 2 rings (SSSR count). The van der Waals surface area contributed by atoms with Crippen LogP contribution in [0.25, 0.3) is 0 Å². The van der Waals surface area contributed by atoms with Crippen LogP contribution in [0.15, 0.2) is 46.9 Å². The Balaban J connectivity index is 2.23. The summed E-state index contributed by atoms with van der Waals surface area (Å²) in [7, 11) is 1.51. The summed E-state index contributed by atoms with van der Waals surface area (Å²) in [6.07, 6.45) is -0.666. The van der Waals surface area contributed by atoms with Crippen LogP contribution in [-0.2, 0) is 9.53 Å². The summed E-state index contributed by atoms with van der Waals surface area (Å²) in [6.45, 7) is 1.91. The first-order valence-electron chi connectivity index (χ1n) is 6.47. The zero-order valence-electron chi connectivity index (χ0n) is 11.9. The SMILES string of the molecule is COC(C(=O)Nc1cc(N)c(C)cc1Br)c1ccccc1. The number of aryl methyl sites for hydroxylation is 1. The molecule has 0 radical (unpaired) electrons. The molecule has 2 aromatic carbocycles. The number of nitrogens with one attached hydrogen (secondary N) is 1. The van der Waals surface area contributed by atoms with E-state index in [4.69, 9.17) is 10.5 Å². The number of ether oxygens (including phenoxy) is 1. The van der Waals surface area contributed by atoms with Gasteiger partial charge in [-0.1, -0.05) is 30.3 Å². The molecule has 0 bridgehead atoms. The Kier molecular flexibility index (Phi) is 4.98. The molecule has 0 fully saturated rings. The Labute approximate surface area is 132 Å². The van der Waals surface area contributed by atoms with E-state index < -0.39 is 6.10 Å². The highest BCUT2D eigenvalue weighted by atomic mass is 79.9. The molecule has 2 aromatic rings. The van der Waals surface area contributed by atoms with Crippen LogP contribution in [0.4, 0.5) is 11.4 Å². The fourth-order valence-electron chi connectivity index (χ4n) is 2.01. The summed E-state index contributed by atoms with van der Waals surface area (Å²) >= 11 is 3.43. The molecule has 1 atom stereocenters. The van der Waals surface area contributed by atoms with Crippen LogP contribution < -0.4 is 11.1 Å². The Morgan fingerprint density at radius 3 is 2.57 bits per heavy atom. The van der Waals surface area contributed by atoms with E-state index in [0.29, 0.717) is 11.4 Å². The van der Waals surface area contributed by atoms with Gasteiger partial charge < -0.3 is 15.8 Å². The number of benzene rings is 2. The fourth-order valence-corrected chi connectivity index (χ4v) is 2.56. The smallest absolute Gasteiger partial charge is 0.258 e. The first-order valence-corrected chi connectivity index (χ1v) is 7.26. The van der Waals surface area contributed by atoms with Gasteiger partial charge in [0.25, 0.3) is 5.91 Å². The molecule has 1 unspecified atom stereocenters. The number of carbonyl (C=O) groups is 1. The van der Waals surface area contributed by atoms with Crippen LogP contribution in [0.2, 0.25) is 0 Å². The quantitative estimate of drug-likeness (QED) is 0.828. The van der Waals surface area contributed by atoms with Crippen molar-refractivity contribution in [1.82, 2.24) is 0 Å². The maximum atomic E-state index is 12.4. The van der Waals surface area contributed by atoms with Crippen molar-refractivity contribution in [2.45, 2.75) is 13.0 Å². The van der Waals surface area contributed by atoms with E-state index in [-0.39, 0.29) is 5.91 Å². The summed E-state index contributed by atoms with van der Waals surface area (Å²) in [4.78, 5) is 12.4. The monoisotopic (exact) mass is 348 g/mol. The van der Waals surface area contributed by atoms with E-state index in [1.54, 1.807) is 6.07 Å². The summed E-state index contributed by atoms with van der Waals surface area (Å²) in [5, 5.41) is 2.84. The van der Waals surface area contributed by atoms with Gasteiger partial charge in [-0.2, -0.15) is 0 Å². The molecule has 3 N–H and O–H groups in total. The van der Waals surface area contributed by atoms with Crippen molar-refractivity contribution in [1.29, 1.82) is 0 Å². The number of rotatable bonds is 4. The van der Waals surface area contributed by atoms with Crippen molar-refractivity contribution in [3.63, 3.8) is 0 Å². The summed E-state index contributed by atoms with van der Waals surface area (Å²) < 4.78 is 6.09. The molecular formula is C16H17BrN2O2. The zero-order valence-corrected chi connectivity index (χ0v) is 13.5. The third-order valence-corrected chi connectivity index (χ3v) is 3.85. The number of anilines is 2. The standard InChI is InChI=1S/C16H17BrN2O2/c1-10-8-12(17)14(9-13(10)18)19-16(20)15(21-2)11-6-4-3-5-7-11/h3-9,15H,18H2,1-2H3,(H,19,20).